The topological polar surface area (TPSA) is 59.9 Å². The zero-order valence-electron chi connectivity index (χ0n) is 18.0. The minimum atomic E-state index is -0.192. The second-order valence-electron chi connectivity index (χ2n) is 6.98. The molecule has 0 heterocycles. The van der Waals surface area contributed by atoms with E-state index in [-0.39, 0.29) is 18.3 Å². The Bertz CT molecular complexity index is 1180. The third-order valence-corrected chi connectivity index (χ3v) is 7.02. The minimum Gasteiger partial charge on any atom is -0.493 e. The molecular weight excluding hydrogens is 583 g/mol. The summed E-state index contributed by atoms with van der Waals surface area (Å²) in [5.74, 6) is 1.85. The van der Waals surface area contributed by atoms with E-state index in [1.807, 2.05) is 36.4 Å². The highest BCUT2D eigenvalue weighted by Gasteiger charge is 2.12. The van der Waals surface area contributed by atoms with Gasteiger partial charge in [-0.25, -0.2) is 5.43 Å². The Kier molecular flexibility index (Phi) is 10.4. The summed E-state index contributed by atoms with van der Waals surface area (Å²) in [6.07, 6.45) is 1.54. The second-order valence-corrected chi connectivity index (χ2v) is 10.1. The zero-order valence-corrected chi connectivity index (χ0v) is 22.7. The van der Waals surface area contributed by atoms with Gasteiger partial charge < -0.3 is 9.47 Å². The third-order valence-electron chi connectivity index (χ3n) is 4.44. The number of thioether (sulfide) groups is 1. The Balaban J connectivity index is 1.53. The highest BCUT2D eigenvalue weighted by molar-refractivity contribution is 9.10. The van der Waals surface area contributed by atoms with Crippen LogP contribution in [0.4, 0.5) is 0 Å². The normalized spacial score (nSPS) is 11.0. The molecule has 0 aliphatic heterocycles. The van der Waals surface area contributed by atoms with Gasteiger partial charge in [0.05, 0.1) is 33.6 Å². The number of nitrogens with zero attached hydrogens (tertiary/aromatic N) is 1. The average Bonchev–Trinajstić information content (AvgIpc) is 2.81. The summed E-state index contributed by atoms with van der Waals surface area (Å²) >= 11 is 22.9. The maximum Gasteiger partial charge on any atom is 0.250 e. The molecule has 0 saturated heterocycles. The van der Waals surface area contributed by atoms with Crippen molar-refractivity contribution in [3.8, 4) is 11.5 Å². The molecule has 0 atom stereocenters. The maximum atomic E-state index is 12.0. The smallest absolute Gasteiger partial charge is 0.250 e. The molecule has 0 fully saturated rings. The first-order valence-electron chi connectivity index (χ1n) is 9.94. The van der Waals surface area contributed by atoms with Gasteiger partial charge in [-0.1, -0.05) is 53.0 Å². The largest absolute Gasteiger partial charge is 0.493 e. The summed E-state index contributed by atoms with van der Waals surface area (Å²) in [6, 6.07) is 16.4. The van der Waals surface area contributed by atoms with Crippen molar-refractivity contribution in [3.63, 3.8) is 0 Å². The van der Waals surface area contributed by atoms with E-state index >= 15 is 0 Å². The Morgan fingerprint density at radius 2 is 1.79 bits per heavy atom. The third kappa shape index (κ3) is 8.10. The van der Waals surface area contributed by atoms with Gasteiger partial charge in [-0.15, -0.1) is 11.8 Å². The van der Waals surface area contributed by atoms with Crippen molar-refractivity contribution in [2.24, 2.45) is 5.10 Å². The summed E-state index contributed by atoms with van der Waals surface area (Å²) in [5, 5.41) is 5.68. The van der Waals surface area contributed by atoms with Gasteiger partial charge in [-0.2, -0.15) is 5.10 Å². The molecule has 3 rings (SSSR count). The van der Waals surface area contributed by atoms with Crippen molar-refractivity contribution in [2.45, 2.75) is 12.4 Å². The van der Waals surface area contributed by atoms with Crippen molar-refractivity contribution < 1.29 is 14.3 Å². The number of nitrogens with one attached hydrogen (secondary N) is 1. The van der Waals surface area contributed by atoms with Gasteiger partial charge in [0.25, 0.3) is 0 Å². The number of amides is 1. The van der Waals surface area contributed by atoms with Crippen LogP contribution in [0.2, 0.25) is 15.1 Å². The lowest BCUT2D eigenvalue weighted by molar-refractivity contribution is -0.118. The van der Waals surface area contributed by atoms with Gasteiger partial charge in [-0.05, 0) is 69.0 Å². The van der Waals surface area contributed by atoms with Crippen LogP contribution in [0.3, 0.4) is 0 Å². The van der Waals surface area contributed by atoms with Crippen molar-refractivity contribution in [1.82, 2.24) is 5.43 Å². The number of benzene rings is 3. The fourth-order valence-corrected chi connectivity index (χ4v) is 4.59. The first-order chi connectivity index (χ1) is 16.4. The second kappa shape index (κ2) is 13.3. The molecule has 1 N–H and O–H groups in total. The van der Waals surface area contributed by atoms with Crippen LogP contribution >= 0.6 is 62.5 Å². The standard InChI is InChI=1S/C24H20BrCl3N2O3S/c1-32-22-10-17(8-19(25)24(22)33-12-16-4-7-20(27)21(28)9-16)11-29-30-23(31)14-34-13-15-2-5-18(26)6-3-15/h2-11H,12-14H2,1H3,(H,30,31)/b29-11+. The summed E-state index contributed by atoms with van der Waals surface area (Å²) < 4.78 is 12.1. The van der Waals surface area contributed by atoms with Crippen molar-refractivity contribution in [2.75, 3.05) is 12.9 Å². The Morgan fingerprint density at radius 3 is 2.50 bits per heavy atom. The van der Waals surface area contributed by atoms with E-state index in [2.05, 4.69) is 26.5 Å². The minimum absolute atomic E-state index is 0.192. The molecule has 0 saturated carbocycles. The number of halogens is 4. The highest BCUT2D eigenvalue weighted by atomic mass is 79.9. The van der Waals surface area contributed by atoms with Gasteiger partial charge in [0.15, 0.2) is 11.5 Å². The van der Waals surface area contributed by atoms with E-state index in [1.54, 1.807) is 25.3 Å². The van der Waals surface area contributed by atoms with E-state index < -0.39 is 0 Å². The molecule has 34 heavy (non-hydrogen) atoms. The molecule has 0 aromatic heterocycles. The van der Waals surface area contributed by atoms with Gasteiger partial charge in [-0.3, -0.25) is 4.79 Å². The first kappa shape index (κ1) is 26.7. The number of methoxy groups -OCH3 is 1. The lowest BCUT2D eigenvalue weighted by Gasteiger charge is -2.14. The van der Waals surface area contributed by atoms with Crippen molar-refractivity contribution >= 4 is 74.6 Å². The van der Waals surface area contributed by atoms with Crippen LogP contribution in [0.1, 0.15) is 16.7 Å². The number of rotatable bonds is 10. The van der Waals surface area contributed by atoms with Crippen LogP contribution in [0, 0.1) is 0 Å². The highest BCUT2D eigenvalue weighted by Crippen LogP contribution is 2.37. The zero-order chi connectivity index (χ0) is 24.5. The summed E-state index contributed by atoms with van der Waals surface area (Å²) in [7, 11) is 1.55. The van der Waals surface area contributed by atoms with Crippen molar-refractivity contribution in [1.29, 1.82) is 0 Å². The van der Waals surface area contributed by atoms with Crippen molar-refractivity contribution in [3.05, 3.63) is 90.8 Å². The molecule has 0 aliphatic rings. The molecule has 0 spiro atoms. The van der Waals surface area contributed by atoms with Gasteiger partial charge in [0.2, 0.25) is 5.91 Å². The Morgan fingerprint density at radius 1 is 1.06 bits per heavy atom. The predicted molar refractivity (Wildman–Crippen MR) is 145 cm³/mol. The number of hydrazone groups is 1. The molecule has 3 aromatic rings. The van der Waals surface area contributed by atoms with E-state index in [9.17, 15) is 4.79 Å². The van der Waals surface area contributed by atoms with Crippen LogP contribution in [-0.2, 0) is 17.2 Å². The Labute approximate surface area is 225 Å². The monoisotopic (exact) mass is 600 g/mol. The summed E-state index contributed by atoms with van der Waals surface area (Å²) in [6.45, 7) is 0.281. The average molecular weight is 603 g/mol. The molecule has 3 aromatic carbocycles. The lowest BCUT2D eigenvalue weighted by Crippen LogP contribution is -2.19. The predicted octanol–water partition coefficient (Wildman–Crippen LogP) is 7.38. The molecule has 5 nitrogen and oxygen atoms in total. The molecular formula is C24H20BrCl3N2O3S. The van der Waals surface area contributed by atoms with Gasteiger partial charge >= 0.3 is 0 Å². The van der Waals surface area contributed by atoms with E-state index in [4.69, 9.17) is 44.3 Å². The number of hydrogen-bond donors (Lipinski definition) is 1. The van der Waals surface area contributed by atoms with Crippen LogP contribution in [-0.4, -0.2) is 25.0 Å². The van der Waals surface area contributed by atoms with Crippen LogP contribution in [0.15, 0.2) is 64.2 Å². The molecule has 1 amide bonds. The first-order valence-corrected chi connectivity index (χ1v) is 13.0. The number of hydrogen-bond acceptors (Lipinski definition) is 5. The van der Waals surface area contributed by atoms with Crippen LogP contribution in [0.5, 0.6) is 11.5 Å². The molecule has 0 unspecified atom stereocenters. The van der Waals surface area contributed by atoms with Crippen LogP contribution in [0.25, 0.3) is 0 Å². The van der Waals surface area contributed by atoms with Gasteiger partial charge in [0.1, 0.15) is 6.61 Å². The molecule has 0 bridgehead atoms. The van der Waals surface area contributed by atoms with E-state index in [1.165, 1.54) is 18.0 Å². The fourth-order valence-electron chi connectivity index (χ4n) is 2.79. The molecule has 0 aliphatic carbocycles. The number of carbonyl (C=O) groups is 1. The maximum absolute atomic E-state index is 12.0. The lowest BCUT2D eigenvalue weighted by atomic mass is 10.2. The number of ether oxygens (including phenoxy) is 2. The van der Waals surface area contributed by atoms with Gasteiger partial charge in [0, 0.05) is 10.8 Å². The quantitative estimate of drug-likeness (QED) is 0.194. The fraction of sp³-hybridized carbons (Fsp3) is 0.167. The summed E-state index contributed by atoms with van der Waals surface area (Å²) in [4.78, 5) is 12.0. The SMILES string of the molecule is COc1cc(/C=N/NC(=O)CSCc2ccc(Cl)cc2)cc(Br)c1OCc1ccc(Cl)c(Cl)c1. The molecule has 178 valence electrons. The molecule has 0 radical (unpaired) electrons. The van der Waals surface area contributed by atoms with E-state index in [0.717, 1.165) is 16.7 Å². The number of carbonyl (C=O) groups excluding carboxylic acids is 1. The summed E-state index contributed by atoms with van der Waals surface area (Å²) in [5.41, 5.74) is 5.22. The Hall–Kier alpha value is -1.90. The van der Waals surface area contributed by atoms with Crippen LogP contribution < -0.4 is 14.9 Å². The molecule has 10 heteroatoms. The van der Waals surface area contributed by atoms with E-state index in [0.29, 0.717) is 36.8 Å².